The topological polar surface area (TPSA) is 59.0 Å². The molecule has 0 radical (unpaired) electrons. The first-order valence-corrected chi connectivity index (χ1v) is 14.2. The number of fused-ring (bicyclic) bond motifs is 2. The summed E-state index contributed by atoms with van der Waals surface area (Å²) in [5.74, 6) is 0.254. The Morgan fingerprint density at radius 2 is 1.70 bits per heavy atom. The van der Waals surface area contributed by atoms with Gasteiger partial charge in [-0.25, -0.2) is 5.01 Å². The summed E-state index contributed by atoms with van der Waals surface area (Å²) in [5.41, 5.74) is 6.05. The summed E-state index contributed by atoms with van der Waals surface area (Å²) in [5, 5.41) is 12.4. The Kier molecular flexibility index (Phi) is 8.59. The van der Waals surface area contributed by atoms with Crippen LogP contribution >= 0.6 is 0 Å². The summed E-state index contributed by atoms with van der Waals surface area (Å²) in [6, 6.07) is 16.9. The fourth-order valence-electron chi connectivity index (χ4n) is 6.60. The largest absolute Gasteiger partial charge is 0.508 e. The standard InChI is InChI=1S/C31H42N4O2/c1-2-18-35-27-10-8-11-28(35)23-33(21-17-27)30(26-9-7-12-29(36)22-26)24-13-15-25(16-14-24)31(37)32-34-19-5-3-4-6-20-34/h2,7,9,12-16,22,27-28,30,36H,1,3-6,8,10-11,17-21,23H2,(H,32,37). The molecule has 3 aliphatic rings. The van der Waals surface area contributed by atoms with Gasteiger partial charge in [-0.15, -0.1) is 6.58 Å². The van der Waals surface area contributed by atoms with Crippen molar-refractivity contribution in [2.75, 3.05) is 32.7 Å². The highest BCUT2D eigenvalue weighted by Crippen LogP contribution is 2.36. The minimum Gasteiger partial charge on any atom is -0.508 e. The maximum absolute atomic E-state index is 13.0. The van der Waals surface area contributed by atoms with Gasteiger partial charge in [0, 0.05) is 50.4 Å². The van der Waals surface area contributed by atoms with Crippen LogP contribution in [0.15, 0.2) is 61.2 Å². The Morgan fingerprint density at radius 3 is 2.43 bits per heavy atom. The van der Waals surface area contributed by atoms with Gasteiger partial charge in [0.25, 0.3) is 5.91 Å². The second kappa shape index (κ2) is 12.2. The Bertz CT molecular complexity index is 1050. The summed E-state index contributed by atoms with van der Waals surface area (Å²) in [6.07, 6.45) is 11.7. The van der Waals surface area contributed by atoms with Crippen molar-refractivity contribution in [2.45, 2.75) is 69.5 Å². The molecule has 2 bridgehead atoms. The third kappa shape index (κ3) is 6.25. The van der Waals surface area contributed by atoms with Gasteiger partial charge in [0.05, 0.1) is 6.04 Å². The summed E-state index contributed by atoms with van der Waals surface area (Å²) in [4.78, 5) is 18.2. The summed E-state index contributed by atoms with van der Waals surface area (Å²) < 4.78 is 0. The third-order valence-corrected chi connectivity index (χ3v) is 8.45. The molecule has 0 aliphatic carbocycles. The van der Waals surface area contributed by atoms with Crippen molar-refractivity contribution in [3.63, 3.8) is 0 Å². The molecule has 3 aliphatic heterocycles. The third-order valence-electron chi connectivity index (χ3n) is 8.45. The Labute approximate surface area is 221 Å². The van der Waals surface area contributed by atoms with E-state index in [2.05, 4.69) is 45.0 Å². The van der Waals surface area contributed by atoms with E-state index >= 15 is 0 Å². The number of phenolic OH excluding ortho intramolecular Hbond substituents is 1. The first-order chi connectivity index (χ1) is 18.1. The van der Waals surface area contributed by atoms with Crippen molar-refractivity contribution in [3.05, 3.63) is 77.9 Å². The van der Waals surface area contributed by atoms with E-state index in [0.717, 1.165) is 63.1 Å². The van der Waals surface area contributed by atoms with Crippen molar-refractivity contribution < 1.29 is 9.90 Å². The first kappa shape index (κ1) is 26.0. The highest BCUT2D eigenvalue weighted by molar-refractivity contribution is 5.93. The number of nitrogens with zero attached hydrogens (tertiary/aromatic N) is 3. The monoisotopic (exact) mass is 502 g/mol. The number of rotatable bonds is 7. The Balaban J connectivity index is 1.39. The number of hydrogen-bond donors (Lipinski definition) is 2. The number of hydrogen-bond acceptors (Lipinski definition) is 5. The molecular weight excluding hydrogens is 460 g/mol. The van der Waals surface area contributed by atoms with E-state index in [1.54, 1.807) is 6.07 Å². The van der Waals surface area contributed by atoms with E-state index in [1.165, 1.54) is 32.1 Å². The number of carbonyl (C=O) groups is 1. The second-order valence-electron chi connectivity index (χ2n) is 11.0. The van der Waals surface area contributed by atoms with Gasteiger partial charge < -0.3 is 5.11 Å². The molecule has 3 saturated heterocycles. The number of aromatic hydroxyl groups is 1. The molecule has 0 aromatic heterocycles. The van der Waals surface area contributed by atoms with Crippen molar-refractivity contribution in [3.8, 4) is 5.75 Å². The number of piperidine rings is 1. The predicted molar refractivity (Wildman–Crippen MR) is 148 cm³/mol. The maximum atomic E-state index is 13.0. The fraction of sp³-hybridized carbons (Fsp3) is 0.516. The lowest BCUT2D eigenvalue weighted by molar-refractivity contribution is 0.0794. The highest BCUT2D eigenvalue weighted by atomic mass is 16.3. The molecular formula is C31H42N4O2. The fourth-order valence-corrected chi connectivity index (χ4v) is 6.60. The summed E-state index contributed by atoms with van der Waals surface area (Å²) in [6.45, 7) is 8.80. The van der Waals surface area contributed by atoms with E-state index < -0.39 is 0 Å². The van der Waals surface area contributed by atoms with Crippen molar-refractivity contribution in [2.24, 2.45) is 0 Å². The quantitative estimate of drug-likeness (QED) is 0.515. The van der Waals surface area contributed by atoms with E-state index in [-0.39, 0.29) is 17.7 Å². The zero-order chi connectivity index (χ0) is 25.6. The van der Waals surface area contributed by atoms with Gasteiger partial charge in [-0.3, -0.25) is 20.0 Å². The lowest BCUT2D eigenvalue weighted by atomic mass is 9.94. The molecule has 37 heavy (non-hydrogen) atoms. The average Bonchev–Trinajstić information content (AvgIpc) is 3.21. The molecule has 2 aromatic carbocycles. The van der Waals surface area contributed by atoms with Crippen LogP contribution in [0.1, 0.15) is 78.9 Å². The number of benzene rings is 2. The number of hydrazine groups is 1. The van der Waals surface area contributed by atoms with Gasteiger partial charge in [0.1, 0.15) is 5.75 Å². The molecule has 6 nitrogen and oxygen atoms in total. The van der Waals surface area contributed by atoms with Gasteiger partial charge in [-0.1, -0.05) is 49.6 Å². The molecule has 0 saturated carbocycles. The van der Waals surface area contributed by atoms with Crippen LogP contribution in [0, 0.1) is 0 Å². The molecule has 3 fully saturated rings. The van der Waals surface area contributed by atoms with Gasteiger partial charge in [-0.2, -0.15) is 0 Å². The minimum atomic E-state index is -0.0361. The summed E-state index contributed by atoms with van der Waals surface area (Å²) in [7, 11) is 0. The smallest absolute Gasteiger partial charge is 0.265 e. The lowest BCUT2D eigenvalue weighted by Crippen LogP contribution is -2.48. The van der Waals surface area contributed by atoms with E-state index in [1.807, 2.05) is 30.3 Å². The summed E-state index contributed by atoms with van der Waals surface area (Å²) >= 11 is 0. The molecule has 2 N–H and O–H groups in total. The molecule has 2 aromatic rings. The average molecular weight is 503 g/mol. The molecule has 0 spiro atoms. The SMILES string of the molecule is C=CCN1C2CCCC1CN(C(c1ccc(C(=O)NN3CCCCCC3)cc1)c1cccc(O)c1)CC2. The Morgan fingerprint density at radius 1 is 0.946 bits per heavy atom. The Hall–Kier alpha value is -2.67. The van der Waals surface area contributed by atoms with E-state index in [4.69, 9.17) is 0 Å². The molecule has 1 amide bonds. The molecule has 198 valence electrons. The van der Waals surface area contributed by atoms with Crippen molar-refractivity contribution in [1.29, 1.82) is 0 Å². The first-order valence-electron chi connectivity index (χ1n) is 14.2. The van der Waals surface area contributed by atoms with Crippen LogP contribution in [0.4, 0.5) is 0 Å². The molecule has 6 heteroatoms. The lowest BCUT2D eigenvalue weighted by Gasteiger charge is -2.41. The normalized spacial score (nSPS) is 24.5. The van der Waals surface area contributed by atoms with Crippen LogP contribution in [0.5, 0.6) is 5.75 Å². The van der Waals surface area contributed by atoms with Crippen molar-refractivity contribution >= 4 is 5.91 Å². The number of nitrogens with one attached hydrogen (secondary N) is 1. The number of phenols is 1. The van der Waals surface area contributed by atoms with Gasteiger partial charge in [0.15, 0.2) is 0 Å². The van der Waals surface area contributed by atoms with Gasteiger partial charge in [0.2, 0.25) is 0 Å². The maximum Gasteiger partial charge on any atom is 0.265 e. The molecule has 3 unspecified atom stereocenters. The highest BCUT2D eigenvalue weighted by Gasteiger charge is 2.36. The van der Waals surface area contributed by atoms with Crippen LogP contribution in [0.3, 0.4) is 0 Å². The van der Waals surface area contributed by atoms with Crippen LogP contribution in [0.25, 0.3) is 0 Å². The number of amides is 1. The second-order valence-corrected chi connectivity index (χ2v) is 11.0. The molecule has 3 heterocycles. The van der Waals surface area contributed by atoms with Gasteiger partial charge >= 0.3 is 0 Å². The molecule has 3 atom stereocenters. The van der Waals surface area contributed by atoms with Gasteiger partial charge in [-0.05, 0) is 67.5 Å². The molecule has 5 rings (SSSR count). The van der Waals surface area contributed by atoms with Crippen LogP contribution in [-0.2, 0) is 0 Å². The predicted octanol–water partition coefficient (Wildman–Crippen LogP) is 5.12. The van der Waals surface area contributed by atoms with E-state index in [0.29, 0.717) is 17.6 Å². The minimum absolute atomic E-state index is 0.0275. The zero-order valence-electron chi connectivity index (χ0n) is 22.0. The zero-order valence-corrected chi connectivity index (χ0v) is 22.0. The number of carbonyl (C=O) groups excluding carboxylic acids is 1. The van der Waals surface area contributed by atoms with Crippen LogP contribution in [0.2, 0.25) is 0 Å². The van der Waals surface area contributed by atoms with Crippen LogP contribution < -0.4 is 5.43 Å². The van der Waals surface area contributed by atoms with Crippen LogP contribution in [-0.4, -0.2) is 70.6 Å². The van der Waals surface area contributed by atoms with E-state index in [9.17, 15) is 9.90 Å². The van der Waals surface area contributed by atoms with Crippen molar-refractivity contribution in [1.82, 2.24) is 20.2 Å².